The first-order valence-corrected chi connectivity index (χ1v) is 12.6. The van der Waals surface area contributed by atoms with Gasteiger partial charge in [0.25, 0.3) is 5.56 Å². The second kappa shape index (κ2) is 9.70. The molecule has 4 heterocycles. The summed E-state index contributed by atoms with van der Waals surface area (Å²) >= 11 is 0. The fourth-order valence-corrected chi connectivity index (χ4v) is 5.37. The minimum atomic E-state index is -0.235. The van der Waals surface area contributed by atoms with Gasteiger partial charge in [-0.3, -0.25) is 14.8 Å². The van der Waals surface area contributed by atoms with Gasteiger partial charge in [0.1, 0.15) is 5.69 Å². The predicted octanol–water partition coefficient (Wildman–Crippen LogP) is 4.73. The monoisotopic (exact) mass is 505 g/mol. The molecular formula is C30H27N5O3. The maximum Gasteiger partial charge on any atom is 0.280 e. The molecule has 0 amide bonds. The molecule has 3 atom stereocenters. The number of methoxy groups -OCH3 is 2. The summed E-state index contributed by atoms with van der Waals surface area (Å²) in [6.07, 6.45) is 10.3. The first-order chi connectivity index (χ1) is 18.6. The predicted molar refractivity (Wildman–Crippen MR) is 146 cm³/mol. The highest BCUT2D eigenvalue weighted by Gasteiger charge is 2.35. The Balaban J connectivity index is 1.49. The van der Waals surface area contributed by atoms with Crippen LogP contribution in [0.4, 0.5) is 0 Å². The number of hydrogen-bond donors (Lipinski definition) is 0. The molecule has 8 nitrogen and oxygen atoms in total. The van der Waals surface area contributed by atoms with Gasteiger partial charge in [-0.1, -0.05) is 18.2 Å². The van der Waals surface area contributed by atoms with Crippen molar-refractivity contribution in [2.24, 2.45) is 16.8 Å². The minimum absolute atomic E-state index is 0.0162. The van der Waals surface area contributed by atoms with Crippen molar-refractivity contribution in [3.63, 3.8) is 0 Å². The summed E-state index contributed by atoms with van der Waals surface area (Å²) in [6, 6.07) is 15.2. The van der Waals surface area contributed by atoms with Crippen LogP contribution in [-0.4, -0.2) is 45.7 Å². The lowest BCUT2D eigenvalue weighted by molar-refractivity contribution is 0.207. The second-order valence-electron chi connectivity index (χ2n) is 9.51. The molecule has 0 bridgehead atoms. The Kier molecular flexibility index (Phi) is 6.07. The minimum Gasteiger partial charge on any atom is -0.493 e. The normalized spacial score (nSPS) is 20.7. The molecule has 1 aliphatic carbocycles. The van der Waals surface area contributed by atoms with Crippen molar-refractivity contribution in [3.8, 4) is 17.1 Å². The molecule has 1 aliphatic heterocycles. The van der Waals surface area contributed by atoms with Crippen LogP contribution in [0.2, 0.25) is 0 Å². The molecule has 2 aliphatic rings. The molecular weight excluding hydrogens is 478 g/mol. The van der Waals surface area contributed by atoms with Crippen molar-refractivity contribution in [2.75, 3.05) is 14.2 Å². The molecule has 8 heteroatoms. The van der Waals surface area contributed by atoms with E-state index in [1.54, 1.807) is 32.8 Å². The quantitative estimate of drug-likeness (QED) is 0.389. The van der Waals surface area contributed by atoms with Gasteiger partial charge < -0.3 is 9.47 Å². The van der Waals surface area contributed by atoms with E-state index in [0.717, 1.165) is 34.4 Å². The first kappa shape index (κ1) is 23.8. The summed E-state index contributed by atoms with van der Waals surface area (Å²) in [6.45, 7) is 2.11. The summed E-state index contributed by atoms with van der Waals surface area (Å²) in [5, 5.41) is 6.11. The van der Waals surface area contributed by atoms with Crippen LogP contribution in [0.1, 0.15) is 18.9 Å². The van der Waals surface area contributed by atoms with Gasteiger partial charge in [0.05, 0.1) is 25.3 Å². The number of rotatable bonds is 5. The number of nitrogens with zero attached hydrogens (tertiary/aromatic N) is 5. The zero-order valence-electron chi connectivity index (χ0n) is 21.4. The summed E-state index contributed by atoms with van der Waals surface area (Å²) in [4.78, 5) is 27.4. The molecule has 4 aromatic rings. The molecule has 0 saturated carbocycles. The van der Waals surface area contributed by atoms with Gasteiger partial charge in [0.15, 0.2) is 17.3 Å². The van der Waals surface area contributed by atoms with Gasteiger partial charge >= 0.3 is 0 Å². The number of hydrogen-bond acceptors (Lipinski definition) is 7. The average molecular weight is 506 g/mol. The van der Waals surface area contributed by atoms with Gasteiger partial charge in [0.2, 0.25) is 0 Å². The molecule has 38 heavy (non-hydrogen) atoms. The van der Waals surface area contributed by atoms with Crippen LogP contribution in [0, 0.1) is 11.8 Å². The Hall–Kier alpha value is -4.59. The topological polar surface area (TPSA) is 91.5 Å². The third-order valence-electron chi connectivity index (χ3n) is 7.13. The number of pyridine rings is 2. The molecule has 0 spiro atoms. The van der Waals surface area contributed by atoms with Crippen LogP contribution in [0.15, 0.2) is 101 Å². The number of aromatic nitrogens is 4. The highest BCUT2D eigenvalue weighted by Crippen LogP contribution is 2.38. The SMILES string of the molecule is COC1=CC2CC(C)N=C(c3ccnc(-n4nc(-c5cccnc5)c5ccccc5c4=O)c3)C2C=C1OC. The molecule has 0 fully saturated rings. The molecule has 1 aromatic carbocycles. The van der Waals surface area contributed by atoms with Crippen molar-refractivity contribution in [1.29, 1.82) is 0 Å². The van der Waals surface area contributed by atoms with Crippen LogP contribution in [0.25, 0.3) is 27.8 Å². The summed E-state index contributed by atoms with van der Waals surface area (Å²) < 4.78 is 12.5. The Morgan fingerprint density at radius 2 is 1.71 bits per heavy atom. The van der Waals surface area contributed by atoms with Crippen molar-refractivity contribution >= 4 is 16.5 Å². The van der Waals surface area contributed by atoms with Gasteiger partial charge in [-0.05, 0) is 61.7 Å². The maximum absolute atomic E-state index is 13.6. The van der Waals surface area contributed by atoms with Crippen molar-refractivity contribution < 1.29 is 9.47 Å². The van der Waals surface area contributed by atoms with Crippen molar-refractivity contribution in [1.82, 2.24) is 19.7 Å². The van der Waals surface area contributed by atoms with Gasteiger partial charge in [-0.25, -0.2) is 4.98 Å². The Labute approximate surface area is 220 Å². The van der Waals surface area contributed by atoms with Crippen LogP contribution in [0.5, 0.6) is 0 Å². The summed E-state index contributed by atoms with van der Waals surface area (Å²) in [7, 11) is 3.30. The summed E-state index contributed by atoms with van der Waals surface area (Å²) in [5.41, 5.74) is 3.08. The lowest BCUT2D eigenvalue weighted by Crippen LogP contribution is -2.33. The van der Waals surface area contributed by atoms with E-state index < -0.39 is 0 Å². The Morgan fingerprint density at radius 1 is 0.921 bits per heavy atom. The van der Waals surface area contributed by atoms with Crippen LogP contribution in [-0.2, 0) is 9.47 Å². The number of ether oxygens (including phenoxy) is 2. The molecule has 6 rings (SSSR count). The van der Waals surface area contributed by atoms with Crippen LogP contribution >= 0.6 is 0 Å². The average Bonchev–Trinajstić information content (AvgIpc) is 2.97. The van der Waals surface area contributed by atoms with Gasteiger partial charge in [-0.15, -0.1) is 0 Å². The van der Waals surface area contributed by atoms with Crippen molar-refractivity contribution in [3.05, 3.63) is 107 Å². The van der Waals surface area contributed by atoms with E-state index in [1.165, 1.54) is 4.68 Å². The zero-order chi connectivity index (χ0) is 26.2. The third kappa shape index (κ3) is 4.08. The lowest BCUT2D eigenvalue weighted by atomic mass is 9.76. The van der Waals surface area contributed by atoms with E-state index >= 15 is 0 Å². The van der Waals surface area contributed by atoms with E-state index in [0.29, 0.717) is 22.7 Å². The second-order valence-corrected chi connectivity index (χ2v) is 9.51. The molecule has 0 radical (unpaired) electrons. The highest BCUT2D eigenvalue weighted by atomic mass is 16.5. The van der Waals surface area contributed by atoms with Gasteiger partial charge in [0, 0.05) is 47.1 Å². The third-order valence-corrected chi connectivity index (χ3v) is 7.13. The van der Waals surface area contributed by atoms with Crippen molar-refractivity contribution in [2.45, 2.75) is 19.4 Å². The van der Waals surface area contributed by atoms with E-state index in [9.17, 15) is 4.79 Å². The highest BCUT2D eigenvalue weighted by molar-refractivity contribution is 6.04. The van der Waals surface area contributed by atoms with Gasteiger partial charge in [-0.2, -0.15) is 9.78 Å². The van der Waals surface area contributed by atoms with Crippen LogP contribution < -0.4 is 5.56 Å². The maximum atomic E-state index is 13.6. The zero-order valence-corrected chi connectivity index (χ0v) is 21.4. The van der Waals surface area contributed by atoms with Crippen LogP contribution in [0.3, 0.4) is 0 Å². The number of fused-ring (bicyclic) bond motifs is 2. The Morgan fingerprint density at radius 3 is 2.47 bits per heavy atom. The number of allylic oxidation sites excluding steroid dienone is 2. The Bertz CT molecular complexity index is 1670. The van der Waals surface area contributed by atoms with E-state index in [-0.39, 0.29) is 23.4 Å². The fourth-order valence-electron chi connectivity index (χ4n) is 5.37. The number of aliphatic imine (C=N–C) groups is 1. The molecule has 3 unspecified atom stereocenters. The summed E-state index contributed by atoms with van der Waals surface area (Å²) in [5.74, 6) is 2.11. The van der Waals surface area contributed by atoms with E-state index in [2.05, 4.69) is 29.0 Å². The molecule has 3 aromatic heterocycles. The standard InChI is InChI=1S/C30H27N5O3/c1-18-13-21-14-25(37-2)26(38-3)16-24(21)28(33-18)19-10-12-32-27(15-19)35-30(36)23-9-5-4-8-22(23)29(34-35)20-7-6-11-31-17-20/h4-12,14-18,21,24H,13H2,1-3H3. The largest absolute Gasteiger partial charge is 0.493 e. The lowest BCUT2D eigenvalue weighted by Gasteiger charge is -2.34. The first-order valence-electron chi connectivity index (χ1n) is 12.6. The number of benzene rings is 1. The van der Waals surface area contributed by atoms with E-state index in [1.807, 2.05) is 48.5 Å². The molecule has 0 N–H and O–H groups in total. The van der Waals surface area contributed by atoms with E-state index in [4.69, 9.17) is 19.6 Å². The smallest absolute Gasteiger partial charge is 0.280 e. The molecule has 190 valence electrons. The molecule has 0 saturated heterocycles. The fraction of sp³-hybridized carbons (Fsp3) is 0.233.